The molecule has 1 saturated heterocycles. The number of nitrogens with one attached hydrogen (secondary N) is 2. The van der Waals surface area contributed by atoms with Crippen molar-refractivity contribution < 1.29 is 9.53 Å². The molecule has 2 atom stereocenters. The van der Waals surface area contributed by atoms with Gasteiger partial charge in [0.05, 0.1) is 12.1 Å². The van der Waals surface area contributed by atoms with Gasteiger partial charge in [-0.15, -0.1) is 0 Å². The number of hydrogen-bond acceptors (Lipinski definition) is 2. The van der Waals surface area contributed by atoms with Gasteiger partial charge in [0.15, 0.2) is 0 Å². The summed E-state index contributed by atoms with van der Waals surface area (Å²) in [6, 6.07) is 9.79. The van der Waals surface area contributed by atoms with Crippen LogP contribution in [0.5, 0.6) is 0 Å². The quantitative estimate of drug-likeness (QED) is 0.857. The molecule has 1 aliphatic heterocycles. The van der Waals surface area contributed by atoms with E-state index in [1.165, 1.54) is 0 Å². The van der Waals surface area contributed by atoms with Crippen LogP contribution in [-0.2, 0) is 11.3 Å². The Morgan fingerprint density at radius 2 is 2.22 bits per heavy atom. The van der Waals surface area contributed by atoms with Crippen LogP contribution in [0.4, 0.5) is 4.79 Å². The molecule has 0 saturated carbocycles. The predicted octanol–water partition coefficient (Wildman–Crippen LogP) is 2.05. The minimum atomic E-state index is -0.137. The summed E-state index contributed by atoms with van der Waals surface area (Å²) in [5, 5.41) is 5.76. The second-order valence-corrected chi connectivity index (χ2v) is 4.65. The first kappa shape index (κ1) is 12.9. The minimum Gasteiger partial charge on any atom is -0.376 e. The molecule has 2 amide bonds. The summed E-state index contributed by atoms with van der Waals surface area (Å²) in [6.07, 6.45) is 2.27. The smallest absolute Gasteiger partial charge is 0.315 e. The Hall–Kier alpha value is -1.55. The summed E-state index contributed by atoms with van der Waals surface area (Å²) in [7, 11) is 0. The molecule has 0 unspecified atom stereocenters. The van der Waals surface area contributed by atoms with Crippen LogP contribution in [0.1, 0.15) is 25.3 Å². The van der Waals surface area contributed by atoms with Gasteiger partial charge in [0, 0.05) is 13.2 Å². The second-order valence-electron chi connectivity index (χ2n) is 4.65. The molecular formula is C14H20N2O2. The van der Waals surface area contributed by atoms with E-state index in [9.17, 15) is 4.79 Å². The highest BCUT2D eigenvalue weighted by Crippen LogP contribution is 2.15. The molecule has 4 nitrogen and oxygen atoms in total. The number of urea groups is 1. The van der Waals surface area contributed by atoms with Crippen LogP contribution in [-0.4, -0.2) is 24.8 Å². The van der Waals surface area contributed by atoms with Crippen molar-refractivity contribution in [2.75, 3.05) is 6.61 Å². The van der Waals surface area contributed by atoms with Gasteiger partial charge in [-0.25, -0.2) is 4.79 Å². The van der Waals surface area contributed by atoms with Crippen LogP contribution in [0, 0.1) is 0 Å². The zero-order chi connectivity index (χ0) is 12.8. The van der Waals surface area contributed by atoms with Gasteiger partial charge in [-0.2, -0.15) is 0 Å². The van der Waals surface area contributed by atoms with E-state index in [0.29, 0.717) is 6.54 Å². The molecule has 1 aliphatic rings. The maximum atomic E-state index is 11.7. The fraction of sp³-hybridized carbons (Fsp3) is 0.500. The Labute approximate surface area is 108 Å². The average molecular weight is 248 g/mol. The summed E-state index contributed by atoms with van der Waals surface area (Å²) < 4.78 is 5.54. The van der Waals surface area contributed by atoms with Crippen LogP contribution in [0.15, 0.2) is 30.3 Å². The fourth-order valence-electron chi connectivity index (χ4n) is 2.13. The summed E-state index contributed by atoms with van der Waals surface area (Å²) in [5.41, 5.74) is 1.09. The van der Waals surface area contributed by atoms with Crippen LogP contribution in [0.2, 0.25) is 0 Å². The normalized spacial score (nSPS) is 20.4. The topological polar surface area (TPSA) is 50.4 Å². The third kappa shape index (κ3) is 3.74. The first-order valence-electron chi connectivity index (χ1n) is 6.45. The monoisotopic (exact) mass is 248 g/mol. The number of amides is 2. The van der Waals surface area contributed by atoms with Gasteiger partial charge in [-0.05, 0) is 25.3 Å². The Balaban J connectivity index is 1.71. The van der Waals surface area contributed by atoms with E-state index >= 15 is 0 Å². The molecule has 2 N–H and O–H groups in total. The van der Waals surface area contributed by atoms with Crippen molar-refractivity contribution in [1.82, 2.24) is 10.6 Å². The molecule has 98 valence electrons. The zero-order valence-corrected chi connectivity index (χ0v) is 10.7. The van der Waals surface area contributed by atoms with Gasteiger partial charge in [0.25, 0.3) is 0 Å². The van der Waals surface area contributed by atoms with Gasteiger partial charge >= 0.3 is 6.03 Å². The van der Waals surface area contributed by atoms with Crippen molar-refractivity contribution in [3.8, 4) is 0 Å². The molecule has 2 rings (SSSR count). The highest BCUT2D eigenvalue weighted by Gasteiger charge is 2.23. The van der Waals surface area contributed by atoms with E-state index in [1.807, 2.05) is 37.3 Å². The van der Waals surface area contributed by atoms with Crippen molar-refractivity contribution in [2.45, 2.75) is 38.5 Å². The van der Waals surface area contributed by atoms with Crippen molar-refractivity contribution in [2.24, 2.45) is 0 Å². The predicted molar refractivity (Wildman–Crippen MR) is 70.2 cm³/mol. The Morgan fingerprint density at radius 3 is 2.89 bits per heavy atom. The zero-order valence-electron chi connectivity index (χ0n) is 10.7. The molecule has 1 aromatic rings. The Kier molecular flexibility index (Phi) is 4.59. The summed E-state index contributed by atoms with van der Waals surface area (Å²) in [6.45, 7) is 3.34. The molecule has 1 fully saturated rings. The van der Waals surface area contributed by atoms with Gasteiger partial charge in [-0.3, -0.25) is 0 Å². The molecule has 1 aromatic carbocycles. The average Bonchev–Trinajstić information content (AvgIpc) is 2.91. The van der Waals surface area contributed by atoms with Gasteiger partial charge < -0.3 is 15.4 Å². The summed E-state index contributed by atoms with van der Waals surface area (Å²) in [5.74, 6) is 0. The SMILES string of the molecule is C[C@@H](NC(=O)NCc1ccccc1)[C@H]1CCCO1. The highest BCUT2D eigenvalue weighted by atomic mass is 16.5. The van der Waals surface area contributed by atoms with E-state index in [-0.39, 0.29) is 18.2 Å². The van der Waals surface area contributed by atoms with Crippen molar-refractivity contribution >= 4 is 6.03 Å². The molecule has 18 heavy (non-hydrogen) atoms. The van der Waals surface area contributed by atoms with E-state index in [4.69, 9.17) is 4.74 Å². The first-order chi connectivity index (χ1) is 8.75. The molecule has 0 aliphatic carbocycles. The number of hydrogen-bond donors (Lipinski definition) is 2. The number of ether oxygens (including phenoxy) is 1. The van der Waals surface area contributed by atoms with E-state index in [2.05, 4.69) is 10.6 Å². The first-order valence-corrected chi connectivity index (χ1v) is 6.45. The molecule has 0 spiro atoms. The Morgan fingerprint density at radius 1 is 1.44 bits per heavy atom. The summed E-state index contributed by atoms with van der Waals surface area (Å²) in [4.78, 5) is 11.7. The van der Waals surface area contributed by atoms with E-state index < -0.39 is 0 Å². The molecule has 0 aromatic heterocycles. The van der Waals surface area contributed by atoms with Crippen molar-refractivity contribution in [3.05, 3.63) is 35.9 Å². The molecule has 4 heteroatoms. The lowest BCUT2D eigenvalue weighted by molar-refractivity contribution is 0.0860. The van der Waals surface area contributed by atoms with Crippen LogP contribution < -0.4 is 10.6 Å². The number of benzene rings is 1. The van der Waals surface area contributed by atoms with Crippen LogP contribution in [0.3, 0.4) is 0 Å². The maximum absolute atomic E-state index is 11.7. The van der Waals surface area contributed by atoms with Gasteiger partial charge in [-0.1, -0.05) is 30.3 Å². The minimum absolute atomic E-state index is 0.0586. The van der Waals surface area contributed by atoms with Crippen molar-refractivity contribution in [1.29, 1.82) is 0 Å². The van der Waals surface area contributed by atoms with Crippen LogP contribution in [0.25, 0.3) is 0 Å². The standard InChI is InChI=1S/C14H20N2O2/c1-11(13-8-5-9-18-13)16-14(17)15-10-12-6-3-2-4-7-12/h2-4,6-7,11,13H,5,8-10H2,1H3,(H2,15,16,17)/t11-,13-/m1/s1. The molecule has 1 heterocycles. The molecule has 0 radical (unpaired) electrons. The largest absolute Gasteiger partial charge is 0.376 e. The second kappa shape index (κ2) is 6.40. The lowest BCUT2D eigenvalue weighted by Gasteiger charge is -2.20. The number of carbonyl (C=O) groups excluding carboxylic acids is 1. The molecule has 0 bridgehead atoms. The highest BCUT2D eigenvalue weighted by molar-refractivity contribution is 5.74. The third-order valence-electron chi connectivity index (χ3n) is 3.18. The number of carbonyl (C=O) groups is 1. The maximum Gasteiger partial charge on any atom is 0.315 e. The Bertz CT molecular complexity index is 375. The molecular weight excluding hydrogens is 228 g/mol. The third-order valence-corrected chi connectivity index (χ3v) is 3.18. The summed E-state index contributed by atoms with van der Waals surface area (Å²) >= 11 is 0. The van der Waals surface area contributed by atoms with E-state index in [1.54, 1.807) is 0 Å². The fourth-order valence-corrected chi connectivity index (χ4v) is 2.13. The lowest BCUT2D eigenvalue weighted by Crippen LogP contribution is -2.45. The number of rotatable bonds is 4. The lowest BCUT2D eigenvalue weighted by atomic mass is 10.1. The van der Waals surface area contributed by atoms with E-state index in [0.717, 1.165) is 25.0 Å². The van der Waals surface area contributed by atoms with Crippen molar-refractivity contribution in [3.63, 3.8) is 0 Å². The van der Waals surface area contributed by atoms with Crippen LogP contribution >= 0.6 is 0 Å². The van der Waals surface area contributed by atoms with Gasteiger partial charge in [0.1, 0.15) is 0 Å². The van der Waals surface area contributed by atoms with Gasteiger partial charge in [0.2, 0.25) is 0 Å².